The largest absolute Gasteiger partial charge is 0.404 e. The van der Waals surface area contributed by atoms with Gasteiger partial charge in [0.2, 0.25) is 0 Å². The molecule has 0 aliphatic rings. The number of ether oxygens (including phenoxy) is 1. The van der Waals surface area contributed by atoms with Gasteiger partial charge in [0.1, 0.15) is 0 Å². The molecule has 0 aromatic carbocycles. The monoisotopic (exact) mass is 156 g/mol. The molecule has 0 bridgehead atoms. The Hall–Kier alpha value is -1.78. The lowest BCUT2D eigenvalue weighted by molar-refractivity contribution is -0.152. The Morgan fingerprint density at radius 3 is 1.64 bits per heavy atom. The van der Waals surface area contributed by atoms with Crippen LogP contribution in [-0.4, -0.2) is 11.9 Å². The van der Waals surface area contributed by atoms with Crippen molar-refractivity contribution in [3.63, 3.8) is 0 Å². The van der Waals surface area contributed by atoms with Crippen LogP contribution in [0.1, 0.15) is 0 Å². The summed E-state index contributed by atoms with van der Waals surface area (Å²) >= 11 is 0. The molecule has 0 fully saturated rings. The summed E-state index contributed by atoms with van der Waals surface area (Å²) in [5.74, 6) is -1.65. The van der Waals surface area contributed by atoms with E-state index >= 15 is 0 Å². The second-order valence-corrected chi connectivity index (χ2v) is 1.46. The van der Waals surface area contributed by atoms with Gasteiger partial charge in [-0.2, -0.15) is 0 Å². The molecule has 0 aliphatic heterocycles. The molecule has 0 saturated carbocycles. The lowest BCUT2D eigenvalue weighted by Gasteiger charge is -1.91. The zero-order valence-corrected chi connectivity index (χ0v) is 5.69. The highest BCUT2D eigenvalue weighted by Gasteiger charge is 2.01. The molecule has 5 heteroatoms. The SMILES string of the molecule is NC=CC(=O)OC(=O)C=CN. The van der Waals surface area contributed by atoms with Crippen molar-refractivity contribution < 1.29 is 14.3 Å². The van der Waals surface area contributed by atoms with E-state index in [1.54, 1.807) is 0 Å². The van der Waals surface area contributed by atoms with Gasteiger partial charge in [-0.25, -0.2) is 9.59 Å². The Kier molecular flexibility index (Phi) is 4.22. The van der Waals surface area contributed by atoms with E-state index in [0.29, 0.717) is 0 Å². The fourth-order valence-corrected chi connectivity index (χ4v) is 0.324. The molecule has 60 valence electrons. The minimum Gasteiger partial charge on any atom is -0.404 e. The first-order chi connectivity index (χ1) is 5.20. The zero-order chi connectivity index (χ0) is 8.69. The average molecular weight is 156 g/mol. The number of carbonyl (C=O) groups is 2. The number of hydrogen-bond donors (Lipinski definition) is 2. The van der Waals surface area contributed by atoms with Crippen LogP contribution >= 0.6 is 0 Å². The van der Waals surface area contributed by atoms with Crippen molar-refractivity contribution in [3.8, 4) is 0 Å². The molecule has 0 unspecified atom stereocenters. The van der Waals surface area contributed by atoms with E-state index in [4.69, 9.17) is 11.5 Å². The van der Waals surface area contributed by atoms with Crippen LogP contribution in [-0.2, 0) is 14.3 Å². The molecular weight excluding hydrogens is 148 g/mol. The lowest BCUT2D eigenvalue weighted by atomic mass is 10.6. The first-order valence-electron chi connectivity index (χ1n) is 2.73. The standard InChI is InChI=1S/C6H8N2O3/c7-3-1-5(9)11-6(10)2-4-8/h1-4H,7-8H2. The maximum Gasteiger partial charge on any atom is 0.340 e. The molecular formula is C6H8N2O3. The normalized spacial score (nSPS) is 10.5. The van der Waals surface area contributed by atoms with Gasteiger partial charge >= 0.3 is 11.9 Å². The molecule has 0 saturated heterocycles. The number of esters is 2. The van der Waals surface area contributed by atoms with Crippen LogP contribution in [0.25, 0.3) is 0 Å². The number of nitrogens with two attached hydrogens (primary N) is 2. The minimum absolute atomic E-state index is 0.824. The predicted molar refractivity (Wildman–Crippen MR) is 37.8 cm³/mol. The van der Waals surface area contributed by atoms with Gasteiger partial charge < -0.3 is 16.2 Å². The molecule has 0 atom stereocenters. The summed E-state index contributed by atoms with van der Waals surface area (Å²) in [6.45, 7) is 0. The maximum absolute atomic E-state index is 10.4. The van der Waals surface area contributed by atoms with Crippen molar-refractivity contribution in [3.05, 3.63) is 24.6 Å². The van der Waals surface area contributed by atoms with Crippen molar-refractivity contribution >= 4 is 11.9 Å². The summed E-state index contributed by atoms with van der Waals surface area (Å²) in [6.07, 6.45) is 3.79. The van der Waals surface area contributed by atoms with Gasteiger partial charge in [-0.05, 0) is 0 Å². The Labute approximate surface area is 63.3 Å². The molecule has 0 aromatic heterocycles. The summed E-state index contributed by atoms with van der Waals surface area (Å²) in [5.41, 5.74) is 9.69. The predicted octanol–water partition coefficient (Wildman–Crippen LogP) is -0.999. The molecule has 0 spiro atoms. The van der Waals surface area contributed by atoms with E-state index < -0.39 is 11.9 Å². The van der Waals surface area contributed by atoms with E-state index in [1.165, 1.54) is 0 Å². The third kappa shape index (κ3) is 4.71. The van der Waals surface area contributed by atoms with Crippen molar-refractivity contribution in [2.24, 2.45) is 11.5 Å². The van der Waals surface area contributed by atoms with Gasteiger partial charge in [-0.15, -0.1) is 0 Å². The maximum atomic E-state index is 10.4. The van der Waals surface area contributed by atoms with E-state index in [9.17, 15) is 9.59 Å². The third-order valence-corrected chi connectivity index (χ3v) is 0.666. The van der Waals surface area contributed by atoms with Crippen LogP contribution in [0, 0.1) is 0 Å². The first kappa shape index (κ1) is 9.22. The van der Waals surface area contributed by atoms with Crippen LogP contribution in [0.2, 0.25) is 0 Å². The third-order valence-electron chi connectivity index (χ3n) is 0.666. The summed E-state index contributed by atoms with van der Waals surface area (Å²) in [7, 11) is 0. The molecule has 0 aromatic rings. The highest BCUT2D eigenvalue weighted by atomic mass is 16.6. The van der Waals surface area contributed by atoms with Crippen LogP contribution in [0.4, 0.5) is 0 Å². The fraction of sp³-hybridized carbons (Fsp3) is 0. The van der Waals surface area contributed by atoms with E-state index in [1.807, 2.05) is 0 Å². The lowest BCUT2D eigenvalue weighted by Crippen LogP contribution is -2.08. The Morgan fingerprint density at radius 1 is 1.00 bits per heavy atom. The van der Waals surface area contributed by atoms with Gasteiger partial charge in [0, 0.05) is 24.6 Å². The molecule has 0 rings (SSSR count). The van der Waals surface area contributed by atoms with Crippen LogP contribution in [0.5, 0.6) is 0 Å². The minimum atomic E-state index is -0.824. The highest BCUT2D eigenvalue weighted by Crippen LogP contribution is 1.82. The van der Waals surface area contributed by atoms with E-state index in [0.717, 1.165) is 24.6 Å². The van der Waals surface area contributed by atoms with Gasteiger partial charge in [-0.3, -0.25) is 0 Å². The van der Waals surface area contributed by atoms with Gasteiger partial charge in [0.15, 0.2) is 0 Å². The Morgan fingerprint density at radius 2 is 1.36 bits per heavy atom. The van der Waals surface area contributed by atoms with Crippen molar-refractivity contribution in [2.75, 3.05) is 0 Å². The number of carbonyl (C=O) groups excluding carboxylic acids is 2. The zero-order valence-electron chi connectivity index (χ0n) is 5.69. The van der Waals surface area contributed by atoms with E-state index in [2.05, 4.69) is 4.74 Å². The van der Waals surface area contributed by atoms with Crippen LogP contribution < -0.4 is 11.5 Å². The average Bonchev–Trinajstić information content (AvgIpc) is 1.87. The quantitative estimate of drug-likeness (QED) is 0.304. The molecule has 5 nitrogen and oxygen atoms in total. The smallest absolute Gasteiger partial charge is 0.340 e. The molecule has 4 N–H and O–H groups in total. The van der Waals surface area contributed by atoms with Gasteiger partial charge in [0.05, 0.1) is 0 Å². The Balaban J connectivity index is 3.85. The molecule has 0 heterocycles. The second kappa shape index (κ2) is 5.04. The topological polar surface area (TPSA) is 95.4 Å². The first-order valence-corrected chi connectivity index (χ1v) is 2.73. The van der Waals surface area contributed by atoms with E-state index in [-0.39, 0.29) is 0 Å². The number of hydrogen-bond acceptors (Lipinski definition) is 5. The van der Waals surface area contributed by atoms with Crippen molar-refractivity contribution in [1.82, 2.24) is 0 Å². The van der Waals surface area contributed by atoms with Crippen molar-refractivity contribution in [2.45, 2.75) is 0 Å². The number of rotatable bonds is 2. The fourth-order valence-electron chi connectivity index (χ4n) is 0.324. The van der Waals surface area contributed by atoms with Crippen molar-refractivity contribution in [1.29, 1.82) is 0 Å². The molecule has 0 aliphatic carbocycles. The molecule has 0 amide bonds. The summed E-state index contributed by atoms with van der Waals surface area (Å²) in [6, 6.07) is 0. The van der Waals surface area contributed by atoms with Gasteiger partial charge in [-0.1, -0.05) is 0 Å². The van der Waals surface area contributed by atoms with Crippen LogP contribution in [0.15, 0.2) is 24.6 Å². The summed E-state index contributed by atoms with van der Waals surface area (Å²) in [4.78, 5) is 20.9. The summed E-state index contributed by atoms with van der Waals surface area (Å²) < 4.78 is 4.12. The highest BCUT2D eigenvalue weighted by molar-refractivity contribution is 5.96. The second-order valence-electron chi connectivity index (χ2n) is 1.46. The molecule has 11 heavy (non-hydrogen) atoms. The molecule has 0 radical (unpaired) electrons. The summed E-state index contributed by atoms with van der Waals surface area (Å²) in [5, 5.41) is 0. The van der Waals surface area contributed by atoms with Gasteiger partial charge in [0.25, 0.3) is 0 Å². The Bertz CT molecular complexity index is 186. The van der Waals surface area contributed by atoms with Crippen LogP contribution in [0.3, 0.4) is 0 Å².